The van der Waals surface area contributed by atoms with Gasteiger partial charge in [-0.05, 0) is 42.1 Å². The largest absolute Gasteiger partial charge is 0.382 e. The van der Waals surface area contributed by atoms with Crippen LogP contribution < -0.4 is 11.1 Å². The molecule has 3 N–H and O–H groups in total. The van der Waals surface area contributed by atoms with Gasteiger partial charge in [-0.3, -0.25) is 4.98 Å². The van der Waals surface area contributed by atoms with Crippen LogP contribution in [0.15, 0.2) is 24.5 Å². The summed E-state index contributed by atoms with van der Waals surface area (Å²) >= 11 is 1.42. The minimum Gasteiger partial charge on any atom is -0.382 e. The number of pyridine rings is 1. The van der Waals surface area contributed by atoms with Gasteiger partial charge in [-0.2, -0.15) is 4.37 Å². The minimum atomic E-state index is 0.439. The van der Waals surface area contributed by atoms with E-state index in [9.17, 15) is 0 Å². The van der Waals surface area contributed by atoms with Crippen LogP contribution in [0.2, 0.25) is 0 Å². The zero-order valence-corrected chi connectivity index (χ0v) is 11.3. The standard InChI is InChI=1S/C13H16N4OS/c14-12-11(9-1-5-15-6-2-9)13(19-17-12)16-10-3-7-18-8-4-10/h1-2,5-6,10,16H,3-4,7-8H2,(H2,14,17). The quantitative estimate of drug-likeness (QED) is 0.900. The highest BCUT2D eigenvalue weighted by Crippen LogP contribution is 2.37. The van der Waals surface area contributed by atoms with Crippen LogP contribution in [0.4, 0.5) is 10.8 Å². The normalized spacial score (nSPS) is 16.4. The third-order valence-corrected chi connectivity index (χ3v) is 4.04. The summed E-state index contributed by atoms with van der Waals surface area (Å²) in [6, 6.07) is 4.35. The van der Waals surface area contributed by atoms with Gasteiger partial charge in [0, 0.05) is 31.6 Å². The molecule has 6 heteroatoms. The average molecular weight is 276 g/mol. The Bertz CT molecular complexity index is 537. The summed E-state index contributed by atoms with van der Waals surface area (Å²) in [6.45, 7) is 1.63. The number of nitrogen functional groups attached to an aromatic ring is 1. The number of aromatic nitrogens is 2. The highest BCUT2D eigenvalue weighted by Gasteiger charge is 2.19. The number of anilines is 2. The van der Waals surface area contributed by atoms with Crippen LogP contribution in [-0.4, -0.2) is 28.6 Å². The maximum Gasteiger partial charge on any atom is 0.147 e. The van der Waals surface area contributed by atoms with Crippen molar-refractivity contribution in [1.82, 2.24) is 9.36 Å². The zero-order chi connectivity index (χ0) is 13.1. The fourth-order valence-electron chi connectivity index (χ4n) is 2.23. The lowest BCUT2D eigenvalue weighted by molar-refractivity contribution is 0.0905. The number of nitrogens with one attached hydrogen (secondary N) is 1. The summed E-state index contributed by atoms with van der Waals surface area (Å²) in [5, 5.41) is 4.58. The third kappa shape index (κ3) is 2.69. The van der Waals surface area contributed by atoms with E-state index in [0.29, 0.717) is 11.9 Å². The van der Waals surface area contributed by atoms with Crippen molar-refractivity contribution in [2.45, 2.75) is 18.9 Å². The Hall–Kier alpha value is -1.66. The van der Waals surface area contributed by atoms with E-state index in [1.807, 2.05) is 12.1 Å². The Morgan fingerprint density at radius 2 is 2.00 bits per heavy atom. The van der Waals surface area contributed by atoms with Gasteiger partial charge in [0.1, 0.15) is 10.8 Å². The molecule has 0 unspecified atom stereocenters. The molecule has 3 heterocycles. The predicted molar refractivity (Wildman–Crippen MR) is 77.2 cm³/mol. The van der Waals surface area contributed by atoms with Crippen LogP contribution in [0.1, 0.15) is 12.8 Å². The van der Waals surface area contributed by atoms with E-state index in [0.717, 1.165) is 42.2 Å². The van der Waals surface area contributed by atoms with E-state index < -0.39 is 0 Å². The first-order valence-corrected chi connectivity index (χ1v) is 7.12. The molecule has 0 amide bonds. The molecule has 1 aliphatic rings. The van der Waals surface area contributed by atoms with Crippen molar-refractivity contribution in [1.29, 1.82) is 0 Å². The van der Waals surface area contributed by atoms with Crippen molar-refractivity contribution in [2.24, 2.45) is 0 Å². The van der Waals surface area contributed by atoms with Gasteiger partial charge >= 0.3 is 0 Å². The Labute approximate surface area is 116 Å². The van der Waals surface area contributed by atoms with Gasteiger partial charge in [0.05, 0.1) is 5.56 Å². The lowest BCUT2D eigenvalue weighted by atomic mass is 10.1. The smallest absolute Gasteiger partial charge is 0.147 e. The molecule has 0 radical (unpaired) electrons. The summed E-state index contributed by atoms with van der Waals surface area (Å²) in [6.07, 6.45) is 5.58. The first kappa shape index (κ1) is 12.4. The van der Waals surface area contributed by atoms with Gasteiger partial charge in [-0.15, -0.1) is 0 Å². The SMILES string of the molecule is Nc1nsc(NC2CCOCC2)c1-c1ccncc1. The second-order valence-electron chi connectivity index (χ2n) is 4.54. The fraction of sp³-hybridized carbons (Fsp3) is 0.385. The van der Waals surface area contributed by atoms with Crippen molar-refractivity contribution in [2.75, 3.05) is 24.3 Å². The lowest BCUT2D eigenvalue weighted by Gasteiger charge is -2.23. The number of nitrogens with zero attached hydrogens (tertiary/aromatic N) is 2. The second kappa shape index (κ2) is 5.54. The molecule has 0 bridgehead atoms. The number of hydrogen-bond acceptors (Lipinski definition) is 6. The summed E-state index contributed by atoms with van der Waals surface area (Å²) in [5.74, 6) is 0.575. The molecule has 100 valence electrons. The van der Waals surface area contributed by atoms with Crippen LogP contribution in [0.5, 0.6) is 0 Å². The Kier molecular flexibility index (Phi) is 3.61. The molecule has 1 fully saturated rings. The highest BCUT2D eigenvalue weighted by molar-refractivity contribution is 7.11. The van der Waals surface area contributed by atoms with Crippen molar-refractivity contribution in [3.8, 4) is 11.1 Å². The van der Waals surface area contributed by atoms with Crippen molar-refractivity contribution >= 4 is 22.4 Å². The van der Waals surface area contributed by atoms with Crippen LogP contribution in [0.3, 0.4) is 0 Å². The van der Waals surface area contributed by atoms with E-state index in [2.05, 4.69) is 14.7 Å². The number of ether oxygens (including phenoxy) is 1. The summed E-state index contributed by atoms with van der Waals surface area (Å²) < 4.78 is 9.64. The van der Waals surface area contributed by atoms with E-state index >= 15 is 0 Å². The average Bonchev–Trinajstić information content (AvgIpc) is 2.82. The Morgan fingerprint density at radius 3 is 2.74 bits per heavy atom. The monoisotopic (exact) mass is 276 g/mol. The van der Waals surface area contributed by atoms with Crippen LogP contribution in [0.25, 0.3) is 11.1 Å². The first-order valence-electron chi connectivity index (χ1n) is 6.34. The van der Waals surface area contributed by atoms with E-state index in [-0.39, 0.29) is 0 Å². The topological polar surface area (TPSA) is 73.1 Å². The molecule has 5 nitrogen and oxygen atoms in total. The Morgan fingerprint density at radius 1 is 1.26 bits per heavy atom. The van der Waals surface area contributed by atoms with Crippen molar-refractivity contribution in [3.05, 3.63) is 24.5 Å². The molecule has 1 aliphatic heterocycles. The van der Waals surface area contributed by atoms with E-state index in [1.54, 1.807) is 12.4 Å². The van der Waals surface area contributed by atoms with Crippen LogP contribution >= 0.6 is 11.5 Å². The number of hydrogen-bond donors (Lipinski definition) is 2. The van der Waals surface area contributed by atoms with Crippen molar-refractivity contribution < 1.29 is 4.74 Å². The van der Waals surface area contributed by atoms with Gasteiger partial charge in [-0.1, -0.05) is 0 Å². The maximum absolute atomic E-state index is 5.99. The molecule has 3 rings (SSSR count). The molecule has 0 aromatic carbocycles. The van der Waals surface area contributed by atoms with Crippen LogP contribution in [-0.2, 0) is 4.74 Å². The molecule has 19 heavy (non-hydrogen) atoms. The van der Waals surface area contributed by atoms with Gasteiger partial charge < -0.3 is 15.8 Å². The minimum absolute atomic E-state index is 0.439. The van der Waals surface area contributed by atoms with Crippen molar-refractivity contribution in [3.63, 3.8) is 0 Å². The molecule has 0 saturated carbocycles. The zero-order valence-electron chi connectivity index (χ0n) is 10.5. The van der Waals surface area contributed by atoms with Gasteiger partial charge in [0.25, 0.3) is 0 Å². The number of rotatable bonds is 3. The van der Waals surface area contributed by atoms with E-state index in [1.165, 1.54) is 11.5 Å². The summed E-state index contributed by atoms with van der Waals surface area (Å²) in [5.41, 5.74) is 8.03. The van der Waals surface area contributed by atoms with Crippen LogP contribution in [0, 0.1) is 0 Å². The maximum atomic E-state index is 5.99. The summed E-state index contributed by atoms with van der Waals surface area (Å²) in [4.78, 5) is 4.04. The lowest BCUT2D eigenvalue weighted by Crippen LogP contribution is -2.27. The highest BCUT2D eigenvalue weighted by atomic mass is 32.1. The molecular formula is C13H16N4OS. The molecule has 0 atom stereocenters. The number of nitrogens with two attached hydrogens (primary N) is 1. The second-order valence-corrected chi connectivity index (χ2v) is 5.31. The fourth-order valence-corrected chi connectivity index (χ4v) is 3.04. The molecule has 0 aliphatic carbocycles. The van der Waals surface area contributed by atoms with Gasteiger partial charge in [0.2, 0.25) is 0 Å². The van der Waals surface area contributed by atoms with Gasteiger partial charge in [0.15, 0.2) is 0 Å². The molecule has 2 aromatic rings. The summed E-state index contributed by atoms with van der Waals surface area (Å²) in [7, 11) is 0. The molecule has 2 aromatic heterocycles. The van der Waals surface area contributed by atoms with Gasteiger partial charge in [-0.25, -0.2) is 0 Å². The van der Waals surface area contributed by atoms with E-state index in [4.69, 9.17) is 10.5 Å². The predicted octanol–water partition coefficient (Wildman–Crippen LogP) is 2.38. The Balaban J connectivity index is 1.86. The third-order valence-electron chi connectivity index (χ3n) is 3.24. The molecular weight excluding hydrogens is 260 g/mol. The molecule has 0 spiro atoms. The first-order chi connectivity index (χ1) is 9.34. The molecule has 1 saturated heterocycles.